The van der Waals surface area contributed by atoms with Crippen LogP contribution in [-0.4, -0.2) is 10.5 Å². The first-order valence-corrected chi connectivity index (χ1v) is 3.65. The van der Waals surface area contributed by atoms with Crippen LogP contribution in [0.1, 0.15) is 0 Å². The molecule has 8 nitrogen and oxygen atoms in total. The van der Waals surface area contributed by atoms with Gasteiger partial charge in [-0.25, -0.2) is 0 Å². The Morgan fingerprint density at radius 2 is 0.833 bits per heavy atom. The van der Waals surface area contributed by atoms with Gasteiger partial charge in [0.2, 0.25) is 0 Å². The van der Waals surface area contributed by atoms with Gasteiger partial charge in [-0.15, -0.1) is 17.2 Å². The molecule has 0 rings (SSSR count). The Morgan fingerprint density at radius 3 is 0.833 bits per heavy atom. The predicted molar refractivity (Wildman–Crippen MR) is 21.3 cm³/mol. The van der Waals surface area contributed by atoms with Crippen LogP contribution in [0.5, 0.6) is 0 Å². The van der Waals surface area contributed by atoms with E-state index in [9.17, 15) is 0 Å². The maximum absolute atomic E-state index is 8.93. The van der Waals surface area contributed by atoms with Crippen molar-refractivity contribution < 1.29 is 72.4 Å². The summed E-state index contributed by atoms with van der Waals surface area (Å²) >= 11 is 0. The SMILES string of the molecule is [Ni+2].[Ni+2].[O-]P([O-])OO.[O-]P([O-])OO. The van der Waals surface area contributed by atoms with Crippen molar-refractivity contribution in [2.45, 2.75) is 0 Å². The first-order valence-electron chi connectivity index (χ1n) is 1.46. The van der Waals surface area contributed by atoms with Crippen LogP contribution in [0.4, 0.5) is 0 Å². The number of hydrogen-bond donors (Lipinski definition) is 2. The summed E-state index contributed by atoms with van der Waals surface area (Å²) in [6.07, 6.45) is 0. The Morgan fingerprint density at radius 1 is 0.750 bits per heavy atom. The first kappa shape index (κ1) is 23.4. The van der Waals surface area contributed by atoms with E-state index in [0.717, 1.165) is 0 Å². The predicted octanol–water partition coefficient (Wildman–Crippen LogP) is -3.16. The molecule has 0 atom stereocenters. The van der Waals surface area contributed by atoms with Crippen molar-refractivity contribution in [1.29, 1.82) is 0 Å². The van der Waals surface area contributed by atoms with Gasteiger partial charge < -0.3 is 19.6 Å². The zero-order chi connectivity index (χ0) is 8.57. The van der Waals surface area contributed by atoms with Gasteiger partial charge in [0, 0.05) is 0 Å². The maximum atomic E-state index is 8.93. The summed E-state index contributed by atoms with van der Waals surface area (Å²) in [6.45, 7) is 0. The third-order valence-corrected chi connectivity index (χ3v) is 0.400. The van der Waals surface area contributed by atoms with Gasteiger partial charge in [0.05, 0.1) is 0 Å². The zero-order valence-electron chi connectivity index (χ0n) is 4.87. The Labute approximate surface area is 89.8 Å². The second-order valence-electron chi connectivity index (χ2n) is 0.611. The van der Waals surface area contributed by atoms with Crippen LogP contribution in [0.3, 0.4) is 0 Å². The summed E-state index contributed by atoms with van der Waals surface area (Å²) in [4.78, 5) is 35.7. The molecule has 0 saturated heterocycles. The minimum absolute atomic E-state index is 0. The molecule has 0 aromatic rings. The summed E-state index contributed by atoms with van der Waals surface area (Å²) < 4.78 is 5.41. The Kier molecular flexibility index (Phi) is 35.7. The minimum atomic E-state index is -3.04. The normalized spacial score (nSPS) is 8.00. The van der Waals surface area contributed by atoms with Gasteiger partial charge in [-0.05, 0) is 0 Å². The van der Waals surface area contributed by atoms with Crippen molar-refractivity contribution in [3.05, 3.63) is 0 Å². The van der Waals surface area contributed by atoms with E-state index in [1.165, 1.54) is 0 Å². The van der Waals surface area contributed by atoms with E-state index >= 15 is 0 Å². The van der Waals surface area contributed by atoms with Gasteiger partial charge in [-0.1, -0.05) is 0 Å². The summed E-state index contributed by atoms with van der Waals surface area (Å²) in [5.41, 5.74) is 0. The molecular weight excluding hydrogens is 307 g/mol. The molecule has 12 heavy (non-hydrogen) atoms. The van der Waals surface area contributed by atoms with Crippen LogP contribution >= 0.6 is 17.2 Å². The van der Waals surface area contributed by atoms with E-state index in [0.29, 0.717) is 0 Å². The molecule has 0 saturated carbocycles. The van der Waals surface area contributed by atoms with Crippen molar-refractivity contribution >= 4 is 17.2 Å². The molecule has 0 aromatic carbocycles. The van der Waals surface area contributed by atoms with E-state index < -0.39 is 17.2 Å². The van der Waals surface area contributed by atoms with E-state index in [1.807, 2.05) is 0 Å². The van der Waals surface area contributed by atoms with Gasteiger partial charge >= 0.3 is 33.0 Å². The summed E-state index contributed by atoms with van der Waals surface area (Å²) in [5, 5.41) is 14.1. The minimum Gasteiger partial charge on any atom is -0.818 e. The Bertz CT molecular complexity index is 51.0. The van der Waals surface area contributed by atoms with E-state index in [-0.39, 0.29) is 33.0 Å². The average Bonchev–Trinajstić information content (AvgIpc) is 1.89. The molecule has 0 fully saturated rings. The first-order chi connectivity index (χ1) is 4.54. The molecule has 0 aliphatic heterocycles. The molecule has 80 valence electrons. The molecule has 0 spiro atoms. The van der Waals surface area contributed by atoms with Crippen LogP contribution in [0.15, 0.2) is 0 Å². The van der Waals surface area contributed by atoms with E-state index in [4.69, 9.17) is 30.1 Å². The molecule has 0 radical (unpaired) electrons. The molecule has 0 unspecified atom stereocenters. The summed E-state index contributed by atoms with van der Waals surface area (Å²) in [6, 6.07) is 0. The third-order valence-electron chi connectivity index (χ3n) is 0.133. The molecule has 0 bridgehead atoms. The van der Waals surface area contributed by atoms with Gasteiger partial charge in [0.1, 0.15) is 0 Å². The number of hydrogen-bond acceptors (Lipinski definition) is 8. The second-order valence-corrected chi connectivity index (χ2v) is 1.83. The van der Waals surface area contributed by atoms with Crippen LogP contribution in [0.2, 0.25) is 0 Å². The van der Waals surface area contributed by atoms with Crippen molar-refractivity contribution in [2.24, 2.45) is 0 Å². The standard InChI is InChI=1S/2Ni.2HO4P/c;;2*1-4-5(2)3/h;;2*1H/q2*+2;2*-2. The van der Waals surface area contributed by atoms with Crippen molar-refractivity contribution in [3.8, 4) is 0 Å². The van der Waals surface area contributed by atoms with Gasteiger partial charge in [0.15, 0.2) is 0 Å². The fourth-order valence-electron chi connectivity index (χ4n) is 0. The monoisotopic (exact) mass is 308 g/mol. The van der Waals surface area contributed by atoms with E-state index in [1.54, 1.807) is 0 Å². The molecule has 0 heterocycles. The van der Waals surface area contributed by atoms with Gasteiger partial charge in [-0.3, -0.25) is 19.9 Å². The fraction of sp³-hybridized carbons (Fsp3) is 0. The molecular formula is H2Ni2O8P2. The zero-order valence-corrected chi connectivity index (χ0v) is 8.63. The number of rotatable bonds is 2. The largest absolute Gasteiger partial charge is 2.00 e. The molecule has 0 aromatic heterocycles. The van der Waals surface area contributed by atoms with Crippen LogP contribution in [0, 0.1) is 0 Å². The van der Waals surface area contributed by atoms with Gasteiger partial charge in [-0.2, -0.15) is 0 Å². The second kappa shape index (κ2) is 18.3. The fourth-order valence-corrected chi connectivity index (χ4v) is 0. The third kappa shape index (κ3) is 41.8. The molecule has 0 amide bonds. The van der Waals surface area contributed by atoms with Crippen LogP contribution in [-0.2, 0) is 42.3 Å². The topological polar surface area (TPSA) is 151 Å². The average molecular weight is 309 g/mol. The molecule has 0 aliphatic carbocycles. The quantitative estimate of drug-likeness (QED) is 0.235. The Balaban J connectivity index is -0.0000000457. The summed E-state index contributed by atoms with van der Waals surface area (Å²) in [7, 11) is -6.09. The molecule has 2 N–H and O–H groups in total. The Hall–Kier alpha value is 1.53. The molecule has 12 heteroatoms. The summed E-state index contributed by atoms with van der Waals surface area (Å²) in [5.74, 6) is 0. The van der Waals surface area contributed by atoms with E-state index in [2.05, 4.69) is 9.35 Å². The molecule has 0 aliphatic rings. The van der Waals surface area contributed by atoms with Crippen LogP contribution in [0.25, 0.3) is 0 Å². The smallest absolute Gasteiger partial charge is 0.818 e. The van der Waals surface area contributed by atoms with Crippen molar-refractivity contribution in [1.82, 2.24) is 0 Å². The maximum Gasteiger partial charge on any atom is 2.00 e. The van der Waals surface area contributed by atoms with Crippen molar-refractivity contribution in [3.63, 3.8) is 0 Å². The van der Waals surface area contributed by atoms with Crippen LogP contribution < -0.4 is 19.6 Å². The van der Waals surface area contributed by atoms with Gasteiger partial charge in [0.25, 0.3) is 0 Å². The van der Waals surface area contributed by atoms with Crippen molar-refractivity contribution in [2.75, 3.05) is 0 Å².